The van der Waals surface area contributed by atoms with E-state index < -0.39 is 6.10 Å². The zero-order valence-electron chi connectivity index (χ0n) is 8.59. The molecular weight excluding hydrogens is 274 g/mol. The number of nitrogens with zero attached hydrogens (tertiary/aromatic N) is 3. The summed E-state index contributed by atoms with van der Waals surface area (Å²) in [6.07, 6.45) is 3.16. The highest BCUT2D eigenvalue weighted by Gasteiger charge is 2.14. The molecule has 1 N–H and O–H groups in total. The van der Waals surface area contributed by atoms with Crippen molar-refractivity contribution in [2.75, 3.05) is 0 Å². The summed E-state index contributed by atoms with van der Waals surface area (Å²) < 4.78 is 5.88. The molecule has 0 radical (unpaired) electrons. The van der Waals surface area contributed by atoms with E-state index >= 15 is 0 Å². The number of aromatic nitrogens is 3. The Labute approximate surface area is 101 Å². The summed E-state index contributed by atoms with van der Waals surface area (Å²) in [7, 11) is 0. The van der Waals surface area contributed by atoms with Gasteiger partial charge in [-0.25, -0.2) is 0 Å². The van der Waals surface area contributed by atoms with Crippen LogP contribution in [0.25, 0.3) is 11.5 Å². The van der Waals surface area contributed by atoms with Crippen LogP contribution in [0, 0.1) is 0 Å². The molecule has 0 bridgehead atoms. The quantitative estimate of drug-likeness (QED) is 0.936. The van der Waals surface area contributed by atoms with Crippen LogP contribution in [0.5, 0.6) is 0 Å². The number of aliphatic hydroxyl groups is 1. The van der Waals surface area contributed by atoms with Crippen molar-refractivity contribution in [1.29, 1.82) is 0 Å². The predicted molar refractivity (Wildman–Crippen MR) is 60.5 cm³/mol. The summed E-state index contributed by atoms with van der Waals surface area (Å²) in [5.74, 6) is 0.661. The summed E-state index contributed by atoms with van der Waals surface area (Å²) in [5, 5.41) is 13.2. The molecule has 1 unspecified atom stereocenters. The Hall–Kier alpha value is -1.27. The summed E-state index contributed by atoms with van der Waals surface area (Å²) in [6, 6.07) is 1.82. The van der Waals surface area contributed by atoms with Crippen LogP contribution in [0.1, 0.15) is 25.3 Å². The molecule has 6 heteroatoms. The molecule has 0 amide bonds. The molecule has 2 aromatic heterocycles. The average molecular weight is 284 g/mol. The highest BCUT2D eigenvalue weighted by molar-refractivity contribution is 9.10. The first-order valence-electron chi connectivity index (χ1n) is 4.83. The van der Waals surface area contributed by atoms with Crippen LogP contribution in [0.4, 0.5) is 0 Å². The summed E-state index contributed by atoms with van der Waals surface area (Å²) in [6.45, 7) is 1.85. The Morgan fingerprint density at radius 1 is 1.50 bits per heavy atom. The van der Waals surface area contributed by atoms with Crippen LogP contribution >= 0.6 is 15.9 Å². The van der Waals surface area contributed by atoms with Gasteiger partial charge in [-0.3, -0.25) is 4.98 Å². The molecule has 0 aliphatic carbocycles. The van der Waals surface area contributed by atoms with E-state index in [0.29, 0.717) is 18.1 Å². The maximum absolute atomic E-state index is 9.53. The van der Waals surface area contributed by atoms with Crippen molar-refractivity contribution in [1.82, 2.24) is 15.1 Å². The Kier molecular flexibility index (Phi) is 3.31. The second-order valence-corrected chi connectivity index (χ2v) is 4.19. The van der Waals surface area contributed by atoms with Gasteiger partial charge >= 0.3 is 0 Å². The van der Waals surface area contributed by atoms with Gasteiger partial charge in [-0.2, -0.15) is 4.98 Å². The number of hydrogen-bond acceptors (Lipinski definition) is 5. The monoisotopic (exact) mass is 283 g/mol. The summed E-state index contributed by atoms with van der Waals surface area (Å²) in [5.41, 5.74) is 0.719. The van der Waals surface area contributed by atoms with Crippen molar-refractivity contribution in [2.45, 2.75) is 19.4 Å². The summed E-state index contributed by atoms with van der Waals surface area (Å²) >= 11 is 3.31. The molecule has 0 saturated carbocycles. The van der Waals surface area contributed by atoms with Crippen molar-refractivity contribution in [3.05, 3.63) is 28.8 Å². The van der Waals surface area contributed by atoms with Crippen molar-refractivity contribution in [3.63, 3.8) is 0 Å². The van der Waals surface area contributed by atoms with Crippen LogP contribution in [0.3, 0.4) is 0 Å². The normalized spacial score (nSPS) is 12.7. The highest BCUT2D eigenvalue weighted by atomic mass is 79.9. The first-order valence-corrected chi connectivity index (χ1v) is 5.62. The molecule has 0 fully saturated rings. The first kappa shape index (κ1) is 11.2. The lowest BCUT2D eigenvalue weighted by Crippen LogP contribution is -1.97. The molecule has 5 nitrogen and oxygen atoms in total. The highest BCUT2D eigenvalue weighted by Crippen LogP contribution is 2.22. The maximum atomic E-state index is 9.53. The van der Waals surface area contributed by atoms with Crippen molar-refractivity contribution in [2.24, 2.45) is 0 Å². The minimum Gasteiger partial charge on any atom is -0.385 e. The van der Waals surface area contributed by atoms with Crippen LogP contribution in [-0.2, 0) is 0 Å². The average Bonchev–Trinajstić information content (AvgIpc) is 2.77. The third-order valence-electron chi connectivity index (χ3n) is 2.08. The minimum absolute atomic E-state index is 0.303. The molecule has 0 aliphatic heterocycles. The summed E-state index contributed by atoms with van der Waals surface area (Å²) in [4.78, 5) is 8.10. The topological polar surface area (TPSA) is 72.0 Å². The third-order valence-corrected chi connectivity index (χ3v) is 2.51. The van der Waals surface area contributed by atoms with Crippen LogP contribution < -0.4 is 0 Å². The lowest BCUT2D eigenvalue weighted by molar-refractivity contribution is 0.159. The fourth-order valence-electron chi connectivity index (χ4n) is 1.20. The molecule has 2 aromatic rings. The largest absolute Gasteiger partial charge is 0.385 e. The first-order chi connectivity index (χ1) is 7.70. The lowest BCUT2D eigenvalue weighted by atomic mass is 10.2. The van der Waals surface area contributed by atoms with E-state index in [1.165, 1.54) is 0 Å². The zero-order valence-corrected chi connectivity index (χ0v) is 10.2. The Bertz CT molecular complexity index is 486. The van der Waals surface area contributed by atoms with Gasteiger partial charge in [-0.15, -0.1) is 0 Å². The number of hydrogen-bond donors (Lipinski definition) is 1. The molecule has 16 heavy (non-hydrogen) atoms. The maximum Gasteiger partial charge on any atom is 0.259 e. The number of halogens is 1. The SMILES string of the molecule is CCC(O)c1noc(-c2cncc(Br)c2)n1. The van der Waals surface area contributed by atoms with Crippen LogP contribution in [0.15, 0.2) is 27.5 Å². The fraction of sp³-hybridized carbons (Fsp3) is 0.300. The lowest BCUT2D eigenvalue weighted by Gasteiger charge is -1.98. The van der Waals surface area contributed by atoms with E-state index in [0.717, 1.165) is 10.0 Å². The van der Waals surface area contributed by atoms with Gasteiger partial charge in [-0.1, -0.05) is 12.1 Å². The number of aliphatic hydroxyl groups excluding tert-OH is 1. The second kappa shape index (κ2) is 4.71. The van der Waals surface area contributed by atoms with Gasteiger partial charge in [0.1, 0.15) is 6.10 Å². The fourth-order valence-corrected chi connectivity index (χ4v) is 1.56. The van der Waals surface area contributed by atoms with Crippen molar-refractivity contribution in [3.8, 4) is 11.5 Å². The van der Waals surface area contributed by atoms with E-state index in [-0.39, 0.29) is 0 Å². The molecule has 0 saturated heterocycles. The van der Waals surface area contributed by atoms with Crippen molar-refractivity contribution < 1.29 is 9.63 Å². The predicted octanol–water partition coefficient (Wildman–Crippen LogP) is 2.34. The molecule has 84 valence electrons. The van der Waals surface area contributed by atoms with Gasteiger partial charge in [0.15, 0.2) is 0 Å². The van der Waals surface area contributed by atoms with E-state index in [1.807, 2.05) is 13.0 Å². The van der Waals surface area contributed by atoms with Gasteiger partial charge in [0.2, 0.25) is 5.82 Å². The molecule has 0 aromatic carbocycles. The van der Waals surface area contributed by atoms with E-state index in [2.05, 4.69) is 31.1 Å². The van der Waals surface area contributed by atoms with Crippen LogP contribution in [-0.4, -0.2) is 20.2 Å². The molecular formula is C10H10BrN3O2. The standard InChI is InChI=1S/C10H10BrN3O2/c1-2-8(15)9-13-10(16-14-9)6-3-7(11)5-12-4-6/h3-5,8,15H,2H2,1H3. The molecule has 0 spiro atoms. The number of pyridine rings is 1. The van der Waals surface area contributed by atoms with Gasteiger partial charge in [0.25, 0.3) is 5.89 Å². The van der Waals surface area contributed by atoms with E-state index in [1.54, 1.807) is 12.4 Å². The van der Waals surface area contributed by atoms with Gasteiger partial charge < -0.3 is 9.63 Å². The van der Waals surface area contributed by atoms with Gasteiger partial charge in [0, 0.05) is 16.9 Å². The molecule has 1 atom stereocenters. The van der Waals surface area contributed by atoms with E-state index in [9.17, 15) is 5.11 Å². The van der Waals surface area contributed by atoms with Gasteiger partial charge in [-0.05, 0) is 28.4 Å². The Morgan fingerprint density at radius 3 is 3.00 bits per heavy atom. The van der Waals surface area contributed by atoms with E-state index in [4.69, 9.17) is 4.52 Å². The second-order valence-electron chi connectivity index (χ2n) is 3.27. The van der Waals surface area contributed by atoms with Crippen molar-refractivity contribution >= 4 is 15.9 Å². The minimum atomic E-state index is -0.683. The number of rotatable bonds is 3. The Balaban J connectivity index is 2.31. The molecule has 2 rings (SSSR count). The third kappa shape index (κ3) is 2.28. The van der Waals surface area contributed by atoms with Gasteiger partial charge in [0.05, 0.1) is 5.56 Å². The zero-order chi connectivity index (χ0) is 11.5. The van der Waals surface area contributed by atoms with Crippen LogP contribution in [0.2, 0.25) is 0 Å². The molecule has 2 heterocycles. The molecule has 0 aliphatic rings. The Morgan fingerprint density at radius 2 is 2.31 bits per heavy atom. The smallest absolute Gasteiger partial charge is 0.259 e.